The summed E-state index contributed by atoms with van der Waals surface area (Å²) in [6.45, 7) is 10.0. The van der Waals surface area contributed by atoms with Gasteiger partial charge in [-0.2, -0.15) is 0 Å². The molecule has 6 nitrogen and oxygen atoms in total. The number of benzene rings is 1. The van der Waals surface area contributed by atoms with Crippen molar-refractivity contribution in [1.82, 2.24) is 10.2 Å². The summed E-state index contributed by atoms with van der Waals surface area (Å²) in [6, 6.07) is 7.21. The van der Waals surface area contributed by atoms with Gasteiger partial charge in [0.2, 0.25) is 0 Å². The molecule has 0 spiro atoms. The van der Waals surface area contributed by atoms with Crippen LogP contribution in [-0.4, -0.2) is 42.3 Å². The van der Waals surface area contributed by atoms with Gasteiger partial charge >= 0.3 is 12.2 Å². The molecule has 0 bridgehead atoms. The third-order valence-corrected chi connectivity index (χ3v) is 3.28. The Balaban J connectivity index is 2.60. The predicted molar refractivity (Wildman–Crippen MR) is 97.9 cm³/mol. The Kier molecular flexibility index (Phi) is 7.74. The molecular weight excluding hydrogens is 320 g/mol. The number of hydrogen-bond donors (Lipinski definition) is 1. The van der Waals surface area contributed by atoms with Gasteiger partial charge in [0, 0.05) is 19.6 Å². The molecule has 0 aromatic heterocycles. The van der Waals surface area contributed by atoms with Crippen molar-refractivity contribution in [2.24, 2.45) is 0 Å². The summed E-state index contributed by atoms with van der Waals surface area (Å²) in [5.74, 6) is 0.495. The topological polar surface area (TPSA) is 67.9 Å². The maximum Gasteiger partial charge on any atom is 0.414 e. The van der Waals surface area contributed by atoms with Crippen molar-refractivity contribution in [3.63, 3.8) is 0 Å². The van der Waals surface area contributed by atoms with E-state index in [0.717, 1.165) is 12.0 Å². The molecule has 0 aliphatic rings. The second-order valence-electron chi connectivity index (χ2n) is 7.19. The van der Waals surface area contributed by atoms with Crippen molar-refractivity contribution in [2.45, 2.75) is 59.1 Å². The van der Waals surface area contributed by atoms with Crippen molar-refractivity contribution in [2.75, 3.05) is 13.6 Å². The lowest BCUT2D eigenvalue weighted by molar-refractivity contribution is 0.0508. The van der Waals surface area contributed by atoms with Gasteiger partial charge in [-0.3, -0.25) is 0 Å². The van der Waals surface area contributed by atoms with Gasteiger partial charge in [-0.15, -0.1) is 0 Å². The summed E-state index contributed by atoms with van der Waals surface area (Å²) in [4.78, 5) is 25.3. The first kappa shape index (κ1) is 20.8. The lowest BCUT2D eigenvalue weighted by Crippen LogP contribution is -2.38. The summed E-state index contributed by atoms with van der Waals surface area (Å²) in [6.07, 6.45) is 0.664. The van der Waals surface area contributed by atoms with Gasteiger partial charge in [0.15, 0.2) is 0 Å². The van der Waals surface area contributed by atoms with Crippen LogP contribution in [0.4, 0.5) is 9.59 Å². The Hall–Kier alpha value is -2.24. The van der Waals surface area contributed by atoms with Crippen LogP contribution in [0.2, 0.25) is 0 Å². The van der Waals surface area contributed by atoms with Gasteiger partial charge in [-0.1, -0.05) is 19.1 Å². The molecule has 0 fully saturated rings. The number of amides is 2. The second-order valence-corrected chi connectivity index (χ2v) is 7.19. The molecule has 2 amide bonds. The molecule has 0 aliphatic carbocycles. The summed E-state index contributed by atoms with van der Waals surface area (Å²) < 4.78 is 10.6. The monoisotopic (exact) mass is 350 g/mol. The molecule has 0 saturated carbocycles. The average molecular weight is 350 g/mol. The van der Waals surface area contributed by atoms with Crippen molar-refractivity contribution >= 4 is 12.2 Å². The highest BCUT2D eigenvalue weighted by molar-refractivity contribution is 5.70. The van der Waals surface area contributed by atoms with Crippen molar-refractivity contribution in [1.29, 1.82) is 0 Å². The molecule has 0 heterocycles. The molecule has 0 saturated heterocycles. The van der Waals surface area contributed by atoms with Gasteiger partial charge in [-0.05, 0) is 58.2 Å². The molecule has 6 heteroatoms. The zero-order valence-electron chi connectivity index (χ0n) is 16.1. The molecule has 0 radical (unpaired) electrons. The lowest BCUT2D eigenvalue weighted by Gasteiger charge is -2.22. The smallest absolute Gasteiger partial charge is 0.414 e. The van der Waals surface area contributed by atoms with Crippen LogP contribution >= 0.6 is 0 Å². The fourth-order valence-electron chi connectivity index (χ4n) is 2.25. The molecule has 1 atom stereocenters. The van der Waals surface area contributed by atoms with E-state index in [1.165, 1.54) is 0 Å². The molecule has 0 aliphatic heterocycles. The highest BCUT2D eigenvalue weighted by atomic mass is 16.6. The summed E-state index contributed by atoms with van der Waals surface area (Å²) in [5.41, 5.74) is 0.439. The Morgan fingerprint density at radius 3 is 2.56 bits per heavy atom. The largest absolute Gasteiger partial charge is 0.444 e. The molecule has 1 rings (SSSR count). The van der Waals surface area contributed by atoms with E-state index in [1.807, 2.05) is 52.8 Å². The molecule has 1 N–H and O–H groups in total. The van der Waals surface area contributed by atoms with Crippen molar-refractivity contribution < 1.29 is 19.1 Å². The van der Waals surface area contributed by atoms with Crippen LogP contribution in [0.1, 0.15) is 46.6 Å². The van der Waals surface area contributed by atoms with Crippen LogP contribution in [0.25, 0.3) is 0 Å². The molecule has 1 unspecified atom stereocenters. The molecule has 140 valence electrons. The van der Waals surface area contributed by atoms with Gasteiger partial charge in [0.1, 0.15) is 11.4 Å². The number of ether oxygens (including phenoxy) is 2. The Bertz CT molecular complexity index is 581. The molecule has 25 heavy (non-hydrogen) atoms. The number of carbonyl (C=O) groups excluding carboxylic acids is 2. The third kappa shape index (κ3) is 8.42. The van der Waals surface area contributed by atoms with Gasteiger partial charge in [0.05, 0.1) is 0 Å². The first-order valence-electron chi connectivity index (χ1n) is 8.62. The maximum absolute atomic E-state index is 11.9. The van der Waals surface area contributed by atoms with Crippen molar-refractivity contribution in [3.05, 3.63) is 29.8 Å². The second kappa shape index (κ2) is 9.30. The SMILES string of the molecule is CCCN(C)C(=O)Oc1cccc(CC(C)NC(=O)OC(C)(C)C)c1. The normalized spacial score (nSPS) is 12.2. The molecule has 1 aromatic rings. The standard InChI is InChI=1S/C19H30N2O4/c1-7-11-21(6)18(23)24-16-10-8-9-15(13-16)12-14(2)20-17(22)25-19(3,4)5/h8-10,13-14H,7,11-12H2,1-6H3,(H,20,22). The lowest BCUT2D eigenvalue weighted by atomic mass is 10.1. The zero-order chi connectivity index (χ0) is 19.0. The number of nitrogens with zero attached hydrogens (tertiary/aromatic N) is 1. The zero-order valence-corrected chi connectivity index (χ0v) is 16.1. The predicted octanol–water partition coefficient (Wildman–Crippen LogP) is 3.98. The van der Waals surface area contributed by atoms with Crippen LogP contribution in [0.15, 0.2) is 24.3 Å². The molecular formula is C19H30N2O4. The Morgan fingerprint density at radius 1 is 1.28 bits per heavy atom. The third-order valence-electron chi connectivity index (χ3n) is 3.28. The summed E-state index contributed by atoms with van der Waals surface area (Å²) in [7, 11) is 1.71. The van der Waals surface area contributed by atoms with Crippen LogP contribution in [-0.2, 0) is 11.2 Å². The van der Waals surface area contributed by atoms with E-state index >= 15 is 0 Å². The Labute approximate surface area is 150 Å². The van der Waals surface area contributed by atoms with E-state index < -0.39 is 11.7 Å². The van der Waals surface area contributed by atoms with Crippen molar-refractivity contribution in [3.8, 4) is 5.75 Å². The number of nitrogens with one attached hydrogen (secondary N) is 1. The first-order chi connectivity index (χ1) is 11.6. The first-order valence-corrected chi connectivity index (χ1v) is 8.62. The number of rotatable bonds is 6. The minimum Gasteiger partial charge on any atom is -0.444 e. The molecule has 1 aromatic carbocycles. The highest BCUT2D eigenvalue weighted by Crippen LogP contribution is 2.16. The van der Waals surface area contributed by atoms with Crippen LogP contribution in [0, 0.1) is 0 Å². The van der Waals surface area contributed by atoms with E-state index in [0.29, 0.717) is 18.7 Å². The maximum atomic E-state index is 11.9. The average Bonchev–Trinajstić information content (AvgIpc) is 2.45. The summed E-state index contributed by atoms with van der Waals surface area (Å²) in [5, 5.41) is 2.80. The highest BCUT2D eigenvalue weighted by Gasteiger charge is 2.18. The number of alkyl carbamates (subject to hydrolysis) is 1. The van der Waals surface area contributed by atoms with E-state index in [1.54, 1.807) is 18.0 Å². The van der Waals surface area contributed by atoms with E-state index in [4.69, 9.17) is 9.47 Å². The summed E-state index contributed by atoms with van der Waals surface area (Å²) >= 11 is 0. The van der Waals surface area contributed by atoms with Crippen LogP contribution < -0.4 is 10.1 Å². The quantitative estimate of drug-likeness (QED) is 0.842. The number of carbonyl (C=O) groups is 2. The van der Waals surface area contributed by atoms with E-state index in [9.17, 15) is 9.59 Å². The van der Waals surface area contributed by atoms with E-state index in [2.05, 4.69) is 5.32 Å². The van der Waals surface area contributed by atoms with Gasteiger partial charge in [-0.25, -0.2) is 9.59 Å². The number of hydrogen-bond acceptors (Lipinski definition) is 4. The fourth-order valence-corrected chi connectivity index (χ4v) is 2.25. The minimum absolute atomic E-state index is 0.108. The van der Waals surface area contributed by atoms with Crippen LogP contribution in [0.3, 0.4) is 0 Å². The minimum atomic E-state index is -0.525. The van der Waals surface area contributed by atoms with Gasteiger partial charge < -0.3 is 19.7 Å². The van der Waals surface area contributed by atoms with Gasteiger partial charge in [0.25, 0.3) is 0 Å². The fraction of sp³-hybridized carbons (Fsp3) is 0.579. The van der Waals surface area contributed by atoms with Crippen LogP contribution in [0.5, 0.6) is 5.75 Å². The van der Waals surface area contributed by atoms with E-state index in [-0.39, 0.29) is 12.1 Å². The Morgan fingerprint density at radius 2 is 1.96 bits per heavy atom.